The highest BCUT2D eigenvalue weighted by atomic mass is 35.5. The normalized spacial score (nSPS) is 12.1. The number of hydrogen-bond donors (Lipinski definition) is 1. The van der Waals surface area contributed by atoms with Gasteiger partial charge in [-0.05, 0) is 75.2 Å². The van der Waals surface area contributed by atoms with Crippen LogP contribution in [0.1, 0.15) is 43.4 Å². The summed E-state index contributed by atoms with van der Waals surface area (Å²) < 4.78 is 29.0. The summed E-state index contributed by atoms with van der Waals surface area (Å²) in [6.45, 7) is 6.95. The van der Waals surface area contributed by atoms with Gasteiger partial charge in [0.05, 0.1) is 10.6 Å². The molecular formula is C30H34Cl3N3O4S. The predicted molar refractivity (Wildman–Crippen MR) is 166 cm³/mol. The summed E-state index contributed by atoms with van der Waals surface area (Å²) >= 11 is 19.0. The summed E-state index contributed by atoms with van der Waals surface area (Å²) in [6.07, 6.45) is 1.67. The number of hydrogen-bond acceptors (Lipinski definition) is 4. The van der Waals surface area contributed by atoms with E-state index in [4.69, 9.17) is 34.8 Å². The van der Waals surface area contributed by atoms with Crippen LogP contribution in [0.15, 0.2) is 65.6 Å². The molecule has 0 aliphatic rings. The number of amides is 2. The van der Waals surface area contributed by atoms with Crippen molar-refractivity contribution < 1.29 is 18.0 Å². The fourth-order valence-electron chi connectivity index (χ4n) is 4.22. The molecule has 3 aromatic rings. The molecule has 7 nitrogen and oxygen atoms in total. The van der Waals surface area contributed by atoms with E-state index in [1.165, 1.54) is 17.0 Å². The first-order chi connectivity index (χ1) is 19.4. The largest absolute Gasteiger partial charge is 0.354 e. The maximum atomic E-state index is 14.1. The second kappa shape index (κ2) is 14.4. The number of sulfonamides is 1. The topological polar surface area (TPSA) is 86.8 Å². The maximum absolute atomic E-state index is 14.1. The number of anilines is 1. The van der Waals surface area contributed by atoms with E-state index in [0.29, 0.717) is 38.4 Å². The molecule has 0 bridgehead atoms. The smallest absolute Gasteiger partial charge is 0.264 e. The summed E-state index contributed by atoms with van der Waals surface area (Å²) in [6, 6.07) is 15.2. The zero-order valence-corrected chi connectivity index (χ0v) is 26.5. The highest BCUT2D eigenvalue weighted by molar-refractivity contribution is 7.92. The Morgan fingerprint density at radius 2 is 1.59 bits per heavy atom. The second-order valence-electron chi connectivity index (χ2n) is 9.80. The number of benzene rings is 3. The fourth-order valence-corrected chi connectivity index (χ4v) is 6.44. The Kier molecular flexibility index (Phi) is 11.5. The van der Waals surface area contributed by atoms with Crippen molar-refractivity contribution in [1.29, 1.82) is 0 Å². The molecule has 3 aromatic carbocycles. The first kappa shape index (κ1) is 32.7. The van der Waals surface area contributed by atoms with Gasteiger partial charge in [0.2, 0.25) is 11.8 Å². The van der Waals surface area contributed by atoms with Gasteiger partial charge in [-0.15, -0.1) is 0 Å². The highest BCUT2D eigenvalue weighted by Crippen LogP contribution is 2.31. The highest BCUT2D eigenvalue weighted by Gasteiger charge is 2.33. The molecule has 1 atom stereocenters. The standard InChI is InChI=1S/C30H34Cl3N3O4S/c1-5-6-16-34-30(38)22(4)35(18-25-26(32)8-7-9-27(25)33)29(37)19-36(28-15-12-23(31)17-21(28)3)41(39,40)24-13-10-20(2)11-14-24/h7-15,17,22H,5-6,16,18-19H2,1-4H3,(H,34,38)/t22-/m1/s1. The van der Waals surface area contributed by atoms with Crippen molar-refractivity contribution >= 4 is 62.3 Å². The minimum absolute atomic E-state index is 0.0244. The van der Waals surface area contributed by atoms with Crippen LogP contribution < -0.4 is 9.62 Å². The number of halogens is 3. The van der Waals surface area contributed by atoms with Gasteiger partial charge < -0.3 is 10.2 Å². The van der Waals surface area contributed by atoms with Crippen LogP contribution in [-0.2, 0) is 26.2 Å². The van der Waals surface area contributed by atoms with Crippen LogP contribution in [0.4, 0.5) is 5.69 Å². The van der Waals surface area contributed by atoms with Crippen molar-refractivity contribution in [3.8, 4) is 0 Å². The van der Waals surface area contributed by atoms with Crippen LogP contribution in [0.2, 0.25) is 15.1 Å². The average Bonchev–Trinajstić information content (AvgIpc) is 2.92. The molecule has 0 aliphatic heterocycles. The molecule has 220 valence electrons. The van der Waals surface area contributed by atoms with Gasteiger partial charge in [-0.1, -0.05) is 71.9 Å². The van der Waals surface area contributed by atoms with Crippen LogP contribution in [0.3, 0.4) is 0 Å². The van der Waals surface area contributed by atoms with Crippen molar-refractivity contribution in [2.24, 2.45) is 0 Å². The Morgan fingerprint density at radius 1 is 0.951 bits per heavy atom. The van der Waals surface area contributed by atoms with E-state index >= 15 is 0 Å². The maximum Gasteiger partial charge on any atom is 0.264 e. The van der Waals surface area contributed by atoms with Gasteiger partial charge in [0.1, 0.15) is 12.6 Å². The first-order valence-corrected chi connectivity index (χ1v) is 15.8. The summed E-state index contributed by atoms with van der Waals surface area (Å²) in [5, 5.41) is 3.93. The second-order valence-corrected chi connectivity index (χ2v) is 12.9. The number of aryl methyl sites for hydroxylation is 2. The number of unbranched alkanes of at least 4 members (excludes halogenated alkanes) is 1. The molecule has 0 spiro atoms. The lowest BCUT2D eigenvalue weighted by Gasteiger charge is -2.32. The number of nitrogens with one attached hydrogen (secondary N) is 1. The molecule has 2 amide bonds. The zero-order valence-electron chi connectivity index (χ0n) is 23.5. The van der Waals surface area contributed by atoms with Gasteiger partial charge in [0.15, 0.2) is 0 Å². The number of carbonyl (C=O) groups is 2. The van der Waals surface area contributed by atoms with Crippen LogP contribution >= 0.6 is 34.8 Å². The monoisotopic (exact) mass is 637 g/mol. The molecule has 0 saturated carbocycles. The molecule has 1 N–H and O–H groups in total. The van der Waals surface area contributed by atoms with E-state index in [2.05, 4.69) is 5.32 Å². The molecule has 41 heavy (non-hydrogen) atoms. The lowest BCUT2D eigenvalue weighted by molar-refractivity contribution is -0.139. The molecule has 11 heteroatoms. The third-order valence-electron chi connectivity index (χ3n) is 6.70. The lowest BCUT2D eigenvalue weighted by atomic mass is 10.1. The van der Waals surface area contributed by atoms with E-state index in [0.717, 1.165) is 22.7 Å². The third-order valence-corrected chi connectivity index (χ3v) is 9.42. The first-order valence-electron chi connectivity index (χ1n) is 13.2. The van der Waals surface area contributed by atoms with Gasteiger partial charge >= 0.3 is 0 Å². The molecule has 0 aliphatic carbocycles. The van der Waals surface area contributed by atoms with Gasteiger partial charge in [-0.2, -0.15) is 0 Å². The molecule has 0 fully saturated rings. The molecule has 0 saturated heterocycles. The SMILES string of the molecule is CCCCNC(=O)[C@@H](C)N(Cc1c(Cl)cccc1Cl)C(=O)CN(c1ccc(Cl)cc1C)S(=O)(=O)c1ccc(C)cc1. The van der Waals surface area contributed by atoms with E-state index < -0.39 is 28.5 Å². The van der Waals surface area contributed by atoms with Crippen molar-refractivity contribution in [2.75, 3.05) is 17.4 Å². The lowest BCUT2D eigenvalue weighted by Crippen LogP contribution is -2.51. The molecule has 0 aromatic heterocycles. The van der Waals surface area contributed by atoms with E-state index in [1.54, 1.807) is 62.4 Å². The van der Waals surface area contributed by atoms with Gasteiger partial charge in [0.25, 0.3) is 10.0 Å². The summed E-state index contributed by atoms with van der Waals surface area (Å²) in [5.74, 6) is -0.977. The number of rotatable bonds is 12. The quantitative estimate of drug-likeness (QED) is 0.221. The van der Waals surface area contributed by atoms with E-state index in [1.807, 2.05) is 13.8 Å². The van der Waals surface area contributed by atoms with E-state index in [9.17, 15) is 18.0 Å². The van der Waals surface area contributed by atoms with Crippen molar-refractivity contribution in [2.45, 2.75) is 58.0 Å². The Balaban J connectivity index is 2.07. The molecule has 0 radical (unpaired) electrons. The Labute approximate surface area is 257 Å². The Bertz CT molecular complexity index is 1480. The van der Waals surface area contributed by atoms with Gasteiger partial charge in [-0.3, -0.25) is 13.9 Å². The Hall–Kier alpha value is -2.78. The van der Waals surface area contributed by atoms with Crippen LogP contribution in [0.5, 0.6) is 0 Å². The number of carbonyl (C=O) groups excluding carboxylic acids is 2. The van der Waals surface area contributed by atoms with Gasteiger partial charge in [0, 0.05) is 33.7 Å². The average molecular weight is 639 g/mol. The van der Waals surface area contributed by atoms with Crippen molar-refractivity contribution in [3.05, 3.63) is 92.4 Å². The molecule has 0 heterocycles. The van der Waals surface area contributed by atoms with Crippen molar-refractivity contribution in [3.63, 3.8) is 0 Å². The minimum atomic E-state index is -4.20. The van der Waals surface area contributed by atoms with Crippen LogP contribution in [0.25, 0.3) is 0 Å². The van der Waals surface area contributed by atoms with Crippen LogP contribution in [0, 0.1) is 13.8 Å². The predicted octanol–water partition coefficient (Wildman–Crippen LogP) is 6.79. The molecular weight excluding hydrogens is 605 g/mol. The minimum Gasteiger partial charge on any atom is -0.354 e. The summed E-state index contributed by atoms with van der Waals surface area (Å²) in [4.78, 5) is 28.5. The number of nitrogens with zero attached hydrogens (tertiary/aromatic N) is 2. The third kappa shape index (κ3) is 8.16. The van der Waals surface area contributed by atoms with Crippen LogP contribution in [-0.4, -0.2) is 44.3 Å². The summed E-state index contributed by atoms with van der Waals surface area (Å²) in [5.41, 5.74) is 2.19. The zero-order chi connectivity index (χ0) is 30.3. The Morgan fingerprint density at radius 3 is 2.17 bits per heavy atom. The molecule has 3 rings (SSSR count). The summed E-state index contributed by atoms with van der Waals surface area (Å²) in [7, 11) is -4.20. The molecule has 0 unspecified atom stereocenters. The van der Waals surface area contributed by atoms with E-state index in [-0.39, 0.29) is 17.3 Å². The van der Waals surface area contributed by atoms with Crippen molar-refractivity contribution in [1.82, 2.24) is 10.2 Å². The fraction of sp³-hybridized carbons (Fsp3) is 0.333. The van der Waals surface area contributed by atoms with Gasteiger partial charge in [-0.25, -0.2) is 8.42 Å².